The van der Waals surface area contributed by atoms with Gasteiger partial charge in [0.2, 0.25) is 0 Å². The molecule has 92 valence electrons. The van der Waals surface area contributed by atoms with Gasteiger partial charge in [-0.3, -0.25) is 0 Å². The van der Waals surface area contributed by atoms with E-state index >= 15 is 0 Å². The molecule has 2 aliphatic rings. The van der Waals surface area contributed by atoms with Gasteiger partial charge in [0.05, 0.1) is 0 Å². The number of fused-ring (bicyclic) bond motifs is 2. The molecule has 0 unspecified atom stereocenters. The van der Waals surface area contributed by atoms with Crippen LogP contribution in [0.1, 0.15) is 37.7 Å². The molecule has 0 saturated carbocycles. The van der Waals surface area contributed by atoms with Gasteiger partial charge in [-0.25, -0.2) is 0 Å². The third kappa shape index (κ3) is 1.90. The van der Waals surface area contributed by atoms with Crippen LogP contribution in [0, 0.1) is 5.92 Å². The van der Waals surface area contributed by atoms with Gasteiger partial charge in [0.1, 0.15) is 0 Å². The third-order valence-electron chi connectivity index (χ3n) is 4.96. The summed E-state index contributed by atoms with van der Waals surface area (Å²) in [5, 5.41) is 0.845. The van der Waals surface area contributed by atoms with Crippen molar-refractivity contribution in [1.82, 2.24) is 4.90 Å². The van der Waals surface area contributed by atoms with Crippen molar-refractivity contribution >= 4 is 11.6 Å². The van der Waals surface area contributed by atoms with Crippen LogP contribution < -0.4 is 0 Å². The van der Waals surface area contributed by atoms with Crippen LogP contribution in [-0.4, -0.2) is 24.0 Å². The molecule has 0 aromatic heterocycles. The topological polar surface area (TPSA) is 3.24 Å². The van der Waals surface area contributed by atoms with Crippen molar-refractivity contribution in [3.8, 4) is 0 Å². The predicted molar refractivity (Wildman–Crippen MR) is 72.5 cm³/mol. The Kier molecular flexibility index (Phi) is 2.92. The van der Waals surface area contributed by atoms with Crippen molar-refractivity contribution < 1.29 is 0 Å². The Morgan fingerprint density at radius 1 is 1.18 bits per heavy atom. The highest BCUT2D eigenvalue weighted by Gasteiger charge is 2.43. The lowest BCUT2D eigenvalue weighted by atomic mass is 9.77. The van der Waals surface area contributed by atoms with E-state index in [0.717, 1.165) is 28.9 Å². The first-order valence-electron chi connectivity index (χ1n) is 6.64. The van der Waals surface area contributed by atoms with Crippen LogP contribution in [0.4, 0.5) is 0 Å². The Bertz CT molecular complexity index is 400. The molecule has 2 saturated heterocycles. The molecule has 0 amide bonds. The first kappa shape index (κ1) is 11.6. The van der Waals surface area contributed by atoms with E-state index in [2.05, 4.69) is 31.0 Å². The third-order valence-corrected chi connectivity index (χ3v) is 5.21. The van der Waals surface area contributed by atoms with Crippen molar-refractivity contribution in [3.63, 3.8) is 0 Å². The summed E-state index contributed by atoms with van der Waals surface area (Å²) in [7, 11) is 2.30. The zero-order chi connectivity index (χ0) is 12.0. The van der Waals surface area contributed by atoms with E-state index in [1.165, 1.54) is 24.8 Å². The lowest BCUT2D eigenvalue weighted by Gasteiger charge is -2.41. The van der Waals surface area contributed by atoms with Crippen molar-refractivity contribution in [2.45, 2.75) is 44.2 Å². The van der Waals surface area contributed by atoms with Gasteiger partial charge in [-0.05, 0) is 55.8 Å². The summed E-state index contributed by atoms with van der Waals surface area (Å²) >= 11 is 5.97. The Labute approximate surface area is 109 Å². The Balaban J connectivity index is 1.87. The van der Waals surface area contributed by atoms with E-state index in [1.54, 1.807) is 0 Å². The highest BCUT2D eigenvalue weighted by Crippen LogP contribution is 2.45. The summed E-state index contributed by atoms with van der Waals surface area (Å²) in [5.41, 5.74) is 1.48. The molecule has 0 aliphatic carbocycles. The van der Waals surface area contributed by atoms with Crippen LogP contribution in [0.15, 0.2) is 24.3 Å². The Morgan fingerprint density at radius 2 is 1.88 bits per heavy atom. The first-order valence-corrected chi connectivity index (χ1v) is 7.02. The molecule has 2 fully saturated rings. The maximum atomic E-state index is 5.97. The molecule has 0 radical (unpaired) electrons. The monoisotopic (exact) mass is 249 g/mol. The highest BCUT2D eigenvalue weighted by atomic mass is 35.5. The van der Waals surface area contributed by atoms with Gasteiger partial charge >= 0.3 is 0 Å². The van der Waals surface area contributed by atoms with Gasteiger partial charge in [-0.15, -0.1) is 0 Å². The van der Waals surface area contributed by atoms with Crippen LogP contribution in [0.5, 0.6) is 0 Å². The van der Waals surface area contributed by atoms with Crippen molar-refractivity contribution in [1.29, 1.82) is 0 Å². The van der Waals surface area contributed by atoms with Gasteiger partial charge in [0.25, 0.3) is 0 Å². The second-order valence-electron chi connectivity index (χ2n) is 5.72. The van der Waals surface area contributed by atoms with Crippen molar-refractivity contribution in [2.75, 3.05) is 7.05 Å². The molecule has 4 atom stereocenters. The predicted octanol–water partition coefficient (Wildman–Crippen LogP) is 3.93. The van der Waals surface area contributed by atoms with Gasteiger partial charge in [0.15, 0.2) is 0 Å². The number of halogens is 1. The first-order chi connectivity index (χ1) is 8.16. The van der Waals surface area contributed by atoms with E-state index in [-0.39, 0.29) is 0 Å². The zero-order valence-electron chi connectivity index (χ0n) is 10.6. The molecule has 17 heavy (non-hydrogen) atoms. The molecule has 0 N–H and O–H groups in total. The molecular weight excluding hydrogens is 230 g/mol. The number of nitrogens with zero attached hydrogens (tertiary/aromatic N) is 1. The van der Waals surface area contributed by atoms with E-state index < -0.39 is 0 Å². The molecule has 2 bridgehead atoms. The van der Waals surface area contributed by atoms with Crippen LogP contribution in [0.3, 0.4) is 0 Å². The summed E-state index contributed by atoms with van der Waals surface area (Å²) in [6, 6.07) is 10.1. The molecule has 2 heteroatoms. The normalized spacial score (nSPS) is 37.4. The lowest BCUT2D eigenvalue weighted by molar-refractivity contribution is 0.110. The fourth-order valence-electron chi connectivity index (χ4n) is 3.88. The van der Waals surface area contributed by atoms with Gasteiger partial charge < -0.3 is 4.90 Å². The minimum absolute atomic E-state index is 0.723. The molecular formula is C15H20ClN. The van der Waals surface area contributed by atoms with Crippen LogP contribution in [-0.2, 0) is 0 Å². The highest BCUT2D eigenvalue weighted by molar-refractivity contribution is 6.30. The average molecular weight is 250 g/mol. The Hall–Kier alpha value is -0.530. The van der Waals surface area contributed by atoms with Gasteiger partial charge in [0, 0.05) is 17.1 Å². The van der Waals surface area contributed by atoms with Gasteiger partial charge in [-0.1, -0.05) is 30.7 Å². The van der Waals surface area contributed by atoms with Crippen molar-refractivity contribution in [3.05, 3.63) is 34.9 Å². The van der Waals surface area contributed by atoms with Crippen LogP contribution in [0.2, 0.25) is 5.02 Å². The van der Waals surface area contributed by atoms with E-state index in [4.69, 9.17) is 11.6 Å². The van der Waals surface area contributed by atoms with E-state index in [0.29, 0.717) is 0 Å². The number of hydrogen-bond acceptors (Lipinski definition) is 1. The standard InChI is InChI=1S/C15H20ClN/c1-10-14(11-3-5-12(16)6-4-11)9-13-7-8-15(10)17(13)2/h3-6,10,13-15H,7-9H2,1-2H3/t10-,13+,14+,15-/m1/s1. The van der Waals surface area contributed by atoms with Crippen molar-refractivity contribution in [2.24, 2.45) is 5.92 Å². The minimum Gasteiger partial charge on any atom is -0.300 e. The average Bonchev–Trinajstić information content (AvgIpc) is 2.58. The molecule has 2 heterocycles. The summed E-state index contributed by atoms with van der Waals surface area (Å²) < 4.78 is 0. The molecule has 1 nitrogen and oxygen atoms in total. The SMILES string of the molecule is C[C@@H]1[C@@H](c2ccc(Cl)cc2)C[C@@H]2CC[C@H]1N2C. The smallest absolute Gasteiger partial charge is 0.0406 e. The van der Waals surface area contributed by atoms with Crippen LogP contribution >= 0.6 is 11.6 Å². The second kappa shape index (κ2) is 4.29. The molecule has 1 aromatic carbocycles. The largest absolute Gasteiger partial charge is 0.300 e. The van der Waals surface area contributed by atoms with E-state index in [1.807, 2.05) is 12.1 Å². The van der Waals surface area contributed by atoms with Crippen LogP contribution in [0.25, 0.3) is 0 Å². The number of hydrogen-bond donors (Lipinski definition) is 0. The second-order valence-corrected chi connectivity index (χ2v) is 6.15. The maximum absolute atomic E-state index is 5.97. The van der Waals surface area contributed by atoms with Gasteiger partial charge in [-0.2, -0.15) is 0 Å². The zero-order valence-corrected chi connectivity index (χ0v) is 11.3. The number of piperidine rings is 1. The number of benzene rings is 1. The maximum Gasteiger partial charge on any atom is 0.0406 e. The quantitative estimate of drug-likeness (QED) is 0.729. The molecule has 2 aliphatic heterocycles. The molecule has 3 rings (SSSR count). The number of rotatable bonds is 1. The van der Waals surface area contributed by atoms with E-state index in [9.17, 15) is 0 Å². The summed E-state index contributed by atoms with van der Waals surface area (Å²) in [5.74, 6) is 1.49. The minimum atomic E-state index is 0.723. The lowest BCUT2D eigenvalue weighted by Crippen LogP contribution is -2.44. The molecule has 0 spiro atoms. The Morgan fingerprint density at radius 3 is 2.59 bits per heavy atom. The fourth-order valence-corrected chi connectivity index (χ4v) is 4.01. The summed E-state index contributed by atoms with van der Waals surface area (Å²) in [6.07, 6.45) is 4.08. The summed E-state index contributed by atoms with van der Waals surface area (Å²) in [6.45, 7) is 2.42. The molecule has 1 aromatic rings. The fraction of sp³-hybridized carbons (Fsp3) is 0.600. The summed E-state index contributed by atoms with van der Waals surface area (Å²) in [4.78, 5) is 2.61.